The van der Waals surface area contributed by atoms with Crippen molar-refractivity contribution in [3.63, 3.8) is 0 Å². The third kappa shape index (κ3) is 2.69. The molecule has 3 aromatic rings. The fourth-order valence-corrected chi connectivity index (χ4v) is 2.12. The number of aromatic amines is 1. The molecule has 0 saturated carbocycles. The maximum absolute atomic E-state index is 12.8. The molecule has 1 aromatic heterocycles. The normalized spacial score (nSPS) is 10.7. The van der Waals surface area contributed by atoms with E-state index < -0.39 is 0 Å². The number of anilines is 1. The van der Waals surface area contributed by atoms with Crippen LogP contribution in [-0.4, -0.2) is 10.9 Å². The second kappa shape index (κ2) is 5.17. The van der Waals surface area contributed by atoms with Crippen molar-refractivity contribution in [3.05, 3.63) is 66.1 Å². The molecule has 1 heterocycles. The van der Waals surface area contributed by atoms with Gasteiger partial charge in [0, 0.05) is 22.8 Å². The van der Waals surface area contributed by atoms with Crippen molar-refractivity contribution in [3.8, 4) is 0 Å². The van der Waals surface area contributed by atoms with Crippen LogP contribution in [0, 0.1) is 5.82 Å². The standard InChI is InChI=1S/C16H13FN2O/c17-13-3-1-11(2-4-13)9-16(20)19-14-5-6-15-12(10-14)7-8-18-15/h1-8,10,18H,9H2,(H,19,20). The molecule has 0 unspecified atom stereocenters. The van der Waals surface area contributed by atoms with Gasteiger partial charge in [0.1, 0.15) is 5.82 Å². The van der Waals surface area contributed by atoms with Gasteiger partial charge < -0.3 is 10.3 Å². The van der Waals surface area contributed by atoms with E-state index in [2.05, 4.69) is 10.3 Å². The average molecular weight is 268 g/mol. The molecule has 20 heavy (non-hydrogen) atoms. The van der Waals surface area contributed by atoms with E-state index in [1.54, 1.807) is 12.1 Å². The molecule has 3 nitrogen and oxygen atoms in total. The van der Waals surface area contributed by atoms with E-state index in [1.165, 1.54) is 12.1 Å². The number of carbonyl (C=O) groups excluding carboxylic acids is 1. The number of H-pyrrole nitrogens is 1. The molecule has 2 aromatic carbocycles. The summed E-state index contributed by atoms with van der Waals surface area (Å²) in [6, 6.07) is 13.6. The Balaban J connectivity index is 1.70. The highest BCUT2D eigenvalue weighted by atomic mass is 19.1. The van der Waals surface area contributed by atoms with E-state index in [4.69, 9.17) is 0 Å². The number of fused-ring (bicyclic) bond motifs is 1. The fraction of sp³-hybridized carbons (Fsp3) is 0.0625. The molecule has 4 heteroatoms. The number of nitrogens with one attached hydrogen (secondary N) is 2. The molecular formula is C16H13FN2O. The molecule has 0 aliphatic rings. The first kappa shape index (κ1) is 12.4. The number of aromatic nitrogens is 1. The summed E-state index contributed by atoms with van der Waals surface area (Å²) in [6.45, 7) is 0. The van der Waals surface area contributed by atoms with Crippen molar-refractivity contribution in [2.45, 2.75) is 6.42 Å². The number of hydrogen-bond donors (Lipinski definition) is 2. The second-order valence-corrected chi connectivity index (χ2v) is 4.63. The molecule has 0 saturated heterocycles. The quantitative estimate of drug-likeness (QED) is 0.750. The number of amides is 1. The first-order valence-electron chi connectivity index (χ1n) is 6.32. The SMILES string of the molecule is O=C(Cc1ccc(F)cc1)Nc1ccc2[nH]ccc2c1. The summed E-state index contributed by atoms with van der Waals surface area (Å²) >= 11 is 0. The highest BCUT2D eigenvalue weighted by molar-refractivity contribution is 5.94. The van der Waals surface area contributed by atoms with Gasteiger partial charge in [0.2, 0.25) is 5.91 Å². The summed E-state index contributed by atoms with van der Waals surface area (Å²) in [5.41, 5.74) is 2.57. The molecule has 0 bridgehead atoms. The molecule has 0 radical (unpaired) electrons. The monoisotopic (exact) mass is 268 g/mol. The lowest BCUT2D eigenvalue weighted by Gasteiger charge is -2.05. The topological polar surface area (TPSA) is 44.9 Å². The van der Waals surface area contributed by atoms with Gasteiger partial charge in [0.25, 0.3) is 0 Å². The lowest BCUT2D eigenvalue weighted by molar-refractivity contribution is -0.115. The van der Waals surface area contributed by atoms with Gasteiger partial charge in [-0.3, -0.25) is 4.79 Å². The summed E-state index contributed by atoms with van der Waals surface area (Å²) in [5, 5.41) is 3.89. The van der Waals surface area contributed by atoms with Crippen LogP contribution in [0.3, 0.4) is 0 Å². The van der Waals surface area contributed by atoms with Crippen molar-refractivity contribution >= 4 is 22.5 Å². The van der Waals surface area contributed by atoms with Crippen LogP contribution in [0.2, 0.25) is 0 Å². The predicted molar refractivity (Wildman–Crippen MR) is 77.0 cm³/mol. The van der Waals surface area contributed by atoms with Gasteiger partial charge in [-0.2, -0.15) is 0 Å². The van der Waals surface area contributed by atoms with Crippen LogP contribution in [0.25, 0.3) is 10.9 Å². The third-order valence-corrected chi connectivity index (χ3v) is 3.11. The van der Waals surface area contributed by atoms with Gasteiger partial charge in [0.05, 0.1) is 6.42 Å². The first-order valence-corrected chi connectivity index (χ1v) is 6.32. The molecule has 0 fully saturated rings. The smallest absolute Gasteiger partial charge is 0.228 e. The zero-order valence-corrected chi connectivity index (χ0v) is 10.7. The zero-order chi connectivity index (χ0) is 13.9. The van der Waals surface area contributed by atoms with Crippen LogP contribution >= 0.6 is 0 Å². The number of halogens is 1. The van der Waals surface area contributed by atoms with Gasteiger partial charge in [0.15, 0.2) is 0 Å². The average Bonchev–Trinajstić information content (AvgIpc) is 2.89. The largest absolute Gasteiger partial charge is 0.361 e. The molecular weight excluding hydrogens is 255 g/mol. The van der Waals surface area contributed by atoms with Gasteiger partial charge in [-0.25, -0.2) is 4.39 Å². The number of hydrogen-bond acceptors (Lipinski definition) is 1. The Labute approximate surface area is 115 Å². The Bertz CT molecular complexity index is 747. The summed E-state index contributed by atoms with van der Waals surface area (Å²) in [6.07, 6.45) is 2.08. The molecule has 1 amide bonds. The minimum Gasteiger partial charge on any atom is -0.361 e. The van der Waals surface area contributed by atoms with Gasteiger partial charge in [-0.05, 0) is 42.0 Å². The summed E-state index contributed by atoms with van der Waals surface area (Å²) in [4.78, 5) is 15.0. The Hall–Kier alpha value is -2.62. The van der Waals surface area contributed by atoms with E-state index in [0.29, 0.717) is 0 Å². The van der Waals surface area contributed by atoms with E-state index >= 15 is 0 Å². The van der Waals surface area contributed by atoms with Gasteiger partial charge in [-0.1, -0.05) is 12.1 Å². The lowest BCUT2D eigenvalue weighted by Crippen LogP contribution is -2.14. The summed E-state index contributed by atoms with van der Waals surface area (Å²) in [5.74, 6) is -0.418. The summed E-state index contributed by atoms with van der Waals surface area (Å²) < 4.78 is 12.8. The number of carbonyl (C=O) groups is 1. The van der Waals surface area contributed by atoms with Crippen molar-refractivity contribution in [1.82, 2.24) is 4.98 Å². The van der Waals surface area contributed by atoms with Crippen LogP contribution in [0.4, 0.5) is 10.1 Å². The number of benzene rings is 2. The zero-order valence-electron chi connectivity index (χ0n) is 10.7. The van der Waals surface area contributed by atoms with Crippen LogP contribution in [0.15, 0.2) is 54.7 Å². The maximum Gasteiger partial charge on any atom is 0.228 e. The summed E-state index contributed by atoms with van der Waals surface area (Å²) in [7, 11) is 0. The van der Waals surface area contributed by atoms with E-state index in [1.807, 2.05) is 30.5 Å². The Morgan fingerprint density at radius 3 is 2.70 bits per heavy atom. The van der Waals surface area contributed by atoms with E-state index in [9.17, 15) is 9.18 Å². The molecule has 0 aliphatic carbocycles. The molecule has 3 rings (SSSR count). The van der Waals surface area contributed by atoms with E-state index in [0.717, 1.165) is 22.2 Å². The Kier molecular flexibility index (Phi) is 3.21. The second-order valence-electron chi connectivity index (χ2n) is 4.63. The van der Waals surface area contributed by atoms with Crippen molar-refractivity contribution in [2.75, 3.05) is 5.32 Å². The number of rotatable bonds is 3. The van der Waals surface area contributed by atoms with Crippen molar-refractivity contribution in [2.24, 2.45) is 0 Å². The van der Waals surface area contributed by atoms with Crippen LogP contribution in [0.1, 0.15) is 5.56 Å². The molecule has 100 valence electrons. The van der Waals surface area contributed by atoms with Crippen LogP contribution < -0.4 is 5.32 Å². The lowest BCUT2D eigenvalue weighted by atomic mass is 10.1. The Morgan fingerprint density at radius 1 is 1.10 bits per heavy atom. The van der Waals surface area contributed by atoms with Gasteiger partial charge in [-0.15, -0.1) is 0 Å². The van der Waals surface area contributed by atoms with Gasteiger partial charge >= 0.3 is 0 Å². The molecule has 0 atom stereocenters. The minimum atomic E-state index is -0.299. The fourth-order valence-electron chi connectivity index (χ4n) is 2.12. The van der Waals surface area contributed by atoms with Crippen molar-refractivity contribution < 1.29 is 9.18 Å². The highest BCUT2D eigenvalue weighted by Crippen LogP contribution is 2.18. The third-order valence-electron chi connectivity index (χ3n) is 3.11. The van der Waals surface area contributed by atoms with Crippen LogP contribution in [-0.2, 0) is 11.2 Å². The van der Waals surface area contributed by atoms with Crippen LogP contribution in [0.5, 0.6) is 0 Å². The molecule has 0 spiro atoms. The molecule has 0 aliphatic heterocycles. The van der Waals surface area contributed by atoms with Crippen molar-refractivity contribution in [1.29, 1.82) is 0 Å². The van der Waals surface area contributed by atoms with E-state index in [-0.39, 0.29) is 18.1 Å². The Morgan fingerprint density at radius 2 is 1.90 bits per heavy atom. The highest BCUT2D eigenvalue weighted by Gasteiger charge is 2.05. The maximum atomic E-state index is 12.8. The minimum absolute atomic E-state index is 0.119. The predicted octanol–water partition coefficient (Wildman–Crippen LogP) is 3.49. The molecule has 2 N–H and O–H groups in total. The first-order chi connectivity index (χ1) is 9.70.